The van der Waals surface area contributed by atoms with Gasteiger partial charge in [-0.1, -0.05) is 27.7 Å². The van der Waals surface area contributed by atoms with Gasteiger partial charge in [0, 0.05) is 50.7 Å². The molecule has 1 aromatic rings. The van der Waals surface area contributed by atoms with E-state index in [-0.39, 0.29) is 81.9 Å². The number of carboxylic acid groups (broad SMARTS) is 4. The smallest absolute Gasteiger partial charge is 0.469 e. The Morgan fingerprint density at radius 3 is 1.47 bits per heavy atom. The van der Waals surface area contributed by atoms with E-state index >= 15 is 0 Å². The number of rotatable bonds is 57. The van der Waals surface area contributed by atoms with Crippen LogP contribution in [0.1, 0.15) is 143 Å². The van der Waals surface area contributed by atoms with Crippen molar-refractivity contribution in [1.82, 2.24) is 78.7 Å². The maximum absolute atomic E-state index is 14.6. The standard InChI is InChI=1S/C67H112N21O27PS/c1-32(2)25-42(59(103)84-43(26-35-28-73-31-75-35)60(104)86-45(29-89)62(106)81-40(20-24-117-6)58(102)78-36(11-7-8-21-68)54(98)82-41(66(110)111)16-19-51(95)96)83-55(99)37(12-9-22-74-67(71)72)79-57(101)39(15-18-50(93)94)80-56(100)38(14-17-49(91)92)77-53(97)34(5)76-63(107)46(30-115-116(112,113)114)87-61(105)44(27-48(69)90)85-64(108)47-13-10-23-88(47)65(109)52(70)33(3)4/h28,31-34,36-47,52,89H,7-27,29-30,68,70H2,1-6H3,(H2,69,90)(H,73,75)(H,76,107)(H,77,97)(H,78,102)(H,79,101)(H,80,100)(H,81,106)(H,82,98)(H,83,99)(H,84,103)(H,85,108)(H,86,104)(H,87,105)(H,91,92)(H,93,94)(H,95,96)(H,110,111)(H4,71,72,74)(H2,112,113,114)/t34-,36-,37-,38-,39-,40-,41-,42-,43-,44-,45-,46-,47-,52-/m0/s1. The van der Waals surface area contributed by atoms with Crippen LogP contribution in [0, 0.1) is 11.8 Å². The average Bonchev–Trinajstić information content (AvgIpc) is 1.74. The number of primary amides is 1. The van der Waals surface area contributed by atoms with Crippen LogP contribution in [0.15, 0.2) is 17.5 Å². The number of aromatic nitrogens is 2. The van der Waals surface area contributed by atoms with Crippen LogP contribution in [0.2, 0.25) is 0 Å². The van der Waals surface area contributed by atoms with Crippen molar-refractivity contribution in [3.63, 3.8) is 0 Å². The zero-order chi connectivity index (χ0) is 88.6. The highest BCUT2D eigenvalue weighted by Crippen LogP contribution is 2.35. The highest BCUT2D eigenvalue weighted by atomic mass is 32.2. The molecule has 0 aromatic carbocycles. The number of aliphatic carboxylic acids is 4. The van der Waals surface area contributed by atoms with Crippen LogP contribution in [0.3, 0.4) is 0 Å². The van der Waals surface area contributed by atoms with E-state index in [0.29, 0.717) is 12.8 Å². The molecule has 0 unspecified atom stereocenters. The van der Waals surface area contributed by atoms with E-state index in [4.69, 9.17) is 33.8 Å². The Bertz CT molecular complexity index is 3660. The highest BCUT2D eigenvalue weighted by molar-refractivity contribution is 7.98. The molecule has 1 aromatic heterocycles. The minimum Gasteiger partial charge on any atom is -0.481 e. The van der Waals surface area contributed by atoms with E-state index < -0.39 is 275 Å². The van der Waals surface area contributed by atoms with Crippen LogP contribution in [0.5, 0.6) is 0 Å². The minimum absolute atomic E-state index is 0.0867. The van der Waals surface area contributed by atoms with Gasteiger partial charge in [0.15, 0.2) is 5.96 Å². The number of H-pyrrole nitrogens is 1. The first-order valence-corrected chi connectivity index (χ1v) is 40.1. The number of phosphoric ester groups is 1. The van der Waals surface area contributed by atoms with Crippen LogP contribution in [0.25, 0.3) is 0 Å². The second-order valence-corrected chi connectivity index (χ2v) is 30.3. The van der Waals surface area contributed by atoms with Crippen LogP contribution in [-0.2, 0) is 102 Å². The summed E-state index contributed by atoms with van der Waals surface area (Å²) >= 11 is 1.24. The van der Waals surface area contributed by atoms with Gasteiger partial charge in [0.25, 0.3) is 0 Å². The lowest BCUT2D eigenvalue weighted by molar-refractivity contribution is -0.144. The van der Waals surface area contributed by atoms with Crippen LogP contribution < -0.4 is 92.5 Å². The first-order chi connectivity index (χ1) is 54.8. The molecule has 2 rings (SSSR count). The molecule has 50 heteroatoms. The zero-order valence-corrected chi connectivity index (χ0v) is 67.2. The number of aliphatic imine (C=N–C) groups is 1. The number of hydrogen-bond donors (Lipinski definition) is 25. The molecular weight excluding hydrogens is 1590 g/mol. The number of likely N-dealkylation sites (tertiary alicyclic amines) is 1. The number of thioether (sulfide) groups is 1. The Balaban J connectivity index is 2.55. The number of aliphatic hydroxyl groups excluding tert-OH is 1. The summed E-state index contributed by atoms with van der Waals surface area (Å²) in [4.78, 5) is 273. The number of hydrogen-bond acceptors (Lipinski definition) is 26. The quantitative estimate of drug-likeness (QED) is 0.0125. The lowest BCUT2D eigenvalue weighted by Gasteiger charge is -2.29. The predicted octanol–water partition coefficient (Wildman–Crippen LogP) is -8.60. The van der Waals surface area contributed by atoms with Crippen molar-refractivity contribution in [3.05, 3.63) is 18.2 Å². The molecule has 1 saturated heterocycles. The molecule has 0 aliphatic carbocycles. The largest absolute Gasteiger partial charge is 0.481 e. The first-order valence-electron chi connectivity index (χ1n) is 37.2. The lowest BCUT2D eigenvalue weighted by Crippen LogP contribution is -2.61. The number of aliphatic hydroxyl groups is 1. The van der Waals surface area contributed by atoms with Gasteiger partial charge in [-0.25, -0.2) is 14.3 Å². The van der Waals surface area contributed by atoms with Gasteiger partial charge in [0.1, 0.15) is 78.5 Å². The highest BCUT2D eigenvalue weighted by Gasteiger charge is 2.42. The SMILES string of the molecule is CSCC[C@H](NC(=O)[C@H](CO)NC(=O)[C@H](Cc1cnc[nH]1)NC(=O)[C@H](CC(C)C)NC(=O)[C@H](CCCN=C(N)N)NC(=O)[C@H](CCC(=O)O)NC(=O)[C@H](CCC(=O)O)NC(=O)[C@H](C)NC(=O)[C@H](COP(=O)(O)O)NC(=O)[C@H](CC(N)=O)NC(=O)[C@@H]1CCCN1C(=O)[C@@H](N)C(C)C)C(=O)N[C@@H](CCCCN)C(=O)N[C@@H](CCC(=O)O)C(=O)O. The van der Waals surface area contributed by atoms with Crippen LogP contribution in [0.4, 0.5) is 0 Å². The van der Waals surface area contributed by atoms with Gasteiger partial charge < -0.3 is 138 Å². The third kappa shape index (κ3) is 39.2. The number of unbranched alkanes of at least 4 members (excludes halogenated alkanes) is 1. The molecule has 0 saturated carbocycles. The normalized spacial score (nSPS) is 15.9. The summed E-state index contributed by atoms with van der Waals surface area (Å²) in [6.45, 7) is 5.15. The fourth-order valence-corrected chi connectivity index (χ4v) is 12.1. The van der Waals surface area contributed by atoms with E-state index in [0.717, 1.165) is 6.92 Å². The monoisotopic (exact) mass is 1710 g/mol. The van der Waals surface area contributed by atoms with Crippen molar-refractivity contribution in [1.29, 1.82) is 0 Å². The number of carboxylic acids is 4. The minimum atomic E-state index is -5.48. The summed E-state index contributed by atoms with van der Waals surface area (Å²) in [5.41, 5.74) is 28.4. The Kier molecular flexibility index (Phi) is 45.6. The van der Waals surface area contributed by atoms with Crippen molar-refractivity contribution >= 4 is 132 Å². The van der Waals surface area contributed by atoms with Gasteiger partial charge >= 0.3 is 31.7 Å². The number of guanidine groups is 1. The Hall–Kier alpha value is -10.7. The maximum atomic E-state index is 14.6. The number of nitrogens with two attached hydrogens (primary N) is 5. The van der Waals surface area contributed by atoms with Crippen molar-refractivity contribution < 1.29 is 131 Å². The van der Waals surface area contributed by atoms with E-state index in [1.165, 1.54) is 29.2 Å². The van der Waals surface area contributed by atoms with Gasteiger partial charge in [-0.3, -0.25) is 91.0 Å². The number of nitrogens with zero attached hydrogens (tertiary/aromatic N) is 3. The molecule has 2 heterocycles. The van der Waals surface area contributed by atoms with E-state index in [9.17, 15) is 121 Å². The number of amides is 14. The molecule has 14 amide bonds. The molecule has 0 radical (unpaired) electrons. The molecule has 658 valence electrons. The number of carbonyl (C=O) groups excluding carboxylic acids is 14. The molecule has 48 nitrogen and oxygen atoms in total. The molecule has 1 fully saturated rings. The molecule has 117 heavy (non-hydrogen) atoms. The Labute approximate surface area is 675 Å². The summed E-state index contributed by atoms with van der Waals surface area (Å²) in [6, 6.07) is -23.7. The number of aromatic amines is 1. The Morgan fingerprint density at radius 1 is 0.573 bits per heavy atom. The maximum Gasteiger partial charge on any atom is 0.469 e. The molecular formula is C67H112N21O27PS. The van der Waals surface area contributed by atoms with Gasteiger partial charge in [-0.15, -0.1) is 0 Å². The van der Waals surface area contributed by atoms with Crippen molar-refractivity contribution in [2.24, 2.45) is 45.5 Å². The fraction of sp³-hybridized carbons (Fsp3) is 0.672. The molecule has 30 N–H and O–H groups in total. The van der Waals surface area contributed by atoms with Gasteiger partial charge in [-0.05, 0) is 114 Å². The fourth-order valence-electron chi connectivity index (χ4n) is 11.3. The topological polar surface area (TPSA) is 794 Å². The molecule has 14 atom stereocenters. The second kappa shape index (κ2) is 52.1. The average molecular weight is 1710 g/mol. The number of nitrogens with one attached hydrogen (secondary N) is 13. The number of phosphoric acid groups is 1. The first kappa shape index (κ1) is 102. The second-order valence-electron chi connectivity index (χ2n) is 28.1. The summed E-state index contributed by atoms with van der Waals surface area (Å²) in [6.07, 6.45) is -1.57. The summed E-state index contributed by atoms with van der Waals surface area (Å²) in [5.74, 6) is -23.0. The van der Waals surface area contributed by atoms with E-state index in [1.807, 2.05) is 0 Å². The molecule has 0 bridgehead atoms. The third-order valence-electron chi connectivity index (χ3n) is 17.7. The molecule has 1 aliphatic heterocycles. The lowest BCUT2D eigenvalue weighted by atomic mass is 10.0. The Morgan fingerprint density at radius 2 is 1.01 bits per heavy atom. The summed E-state index contributed by atoms with van der Waals surface area (Å²) < 4.78 is 16.4. The van der Waals surface area contributed by atoms with Gasteiger partial charge in [0.05, 0.1) is 32.0 Å². The molecule has 0 spiro atoms. The van der Waals surface area contributed by atoms with Crippen molar-refractivity contribution in [2.45, 2.75) is 228 Å². The van der Waals surface area contributed by atoms with E-state index in [1.54, 1.807) is 34.0 Å². The van der Waals surface area contributed by atoms with Crippen LogP contribution in [-0.4, -0.2) is 292 Å². The summed E-state index contributed by atoms with van der Waals surface area (Å²) in [5, 5.41) is 76.7. The molecule has 1 aliphatic rings. The van der Waals surface area contributed by atoms with Gasteiger partial charge in [-0.2, -0.15) is 11.8 Å². The van der Waals surface area contributed by atoms with Crippen molar-refractivity contribution in [3.8, 4) is 0 Å². The summed E-state index contributed by atoms with van der Waals surface area (Å²) in [7, 11) is -5.48. The van der Waals surface area contributed by atoms with Gasteiger partial charge in [0.2, 0.25) is 82.7 Å². The number of carbonyl (C=O) groups is 18. The van der Waals surface area contributed by atoms with E-state index in [2.05, 4.69) is 83.3 Å². The third-order valence-corrected chi connectivity index (χ3v) is 18.8. The van der Waals surface area contributed by atoms with Crippen molar-refractivity contribution in [2.75, 3.05) is 44.9 Å². The number of imidazole rings is 1. The zero-order valence-electron chi connectivity index (χ0n) is 65.5. The predicted molar refractivity (Wildman–Crippen MR) is 411 cm³/mol. The van der Waals surface area contributed by atoms with Crippen LogP contribution >= 0.6 is 19.6 Å².